The van der Waals surface area contributed by atoms with Crippen LogP contribution in [0, 0.1) is 0 Å². The molecule has 0 radical (unpaired) electrons. The van der Waals surface area contributed by atoms with Gasteiger partial charge in [0.2, 0.25) is 0 Å². The third kappa shape index (κ3) is 14.5. The van der Waals surface area contributed by atoms with Gasteiger partial charge in [-0.2, -0.15) is 0 Å². The molecule has 20 heavy (non-hydrogen) atoms. The molecule has 0 bridgehead atoms. The predicted molar refractivity (Wildman–Crippen MR) is 98.5 cm³/mol. The minimum Gasteiger partial charge on any atom is -0.103 e. The first kappa shape index (κ1) is 23.5. The van der Waals surface area contributed by atoms with E-state index in [9.17, 15) is 0 Å². The minimum absolute atomic E-state index is 1.25. The van der Waals surface area contributed by atoms with Crippen LogP contribution in [0.2, 0.25) is 0 Å². The second-order valence-corrected chi connectivity index (χ2v) is 3.46. The van der Waals surface area contributed by atoms with Crippen molar-refractivity contribution in [1.29, 1.82) is 0 Å². The Labute approximate surface area is 127 Å². The van der Waals surface area contributed by atoms with Crippen LogP contribution >= 0.6 is 0 Å². The molecule has 0 aliphatic rings. The molecule has 2 rings (SSSR count). The summed E-state index contributed by atoms with van der Waals surface area (Å²) in [6.45, 7) is 17.5. The topological polar surface area (TPSA) is 0 Å². The second kappa shape index (κ2) is 22.6. The van der Waals surface area contributed by atoms with E-state index in [1.54, 1.807) is 6.08 Å². The Bertz CT molecular complexity index is 322. The van der Waals surface area contributed by atoms with E-state index >= 15 is 0 Å². The van der Waals surface area contributed by atoms with Gasteiger partial charge in [0.1, 0.15) is 0 Å². The Hall–Kier alpha value is -1.56. The molecule has 0 nitrogen and oxygen atoms in total. The fraction of sp³-hybridized carbons (Fsp3) is 0.400. The summed E-state index contributed by atoms with van der Waals surface area (Å²) in [6.07, 6.45) is 3.00. The van der Waals surface area contributed by atoms with E-state index in [2.05, 4.69) is 69.0 Å². The highest BCUT2D eigenvalue weighted by Crippen LogP contribution is 2.11. The molecule has 0 amide bonds. The van der Waals surface area contributed by atoms with Crippen LogP contribution in [-0.4, -0.2) is 0 Å². The van der Waals surface area contributed by atoms with E-state index in [1.165, 1.54) is 17.2 Å². The molecule has 0 unspecified atom stereocenters. The van der Waals surface area contributed by atoms with Crippen molar-refractivity contribution in [2.75, 3.05) is 0 Å². The van der Waals surface area contributed by atoms with E-state index in [-0.39, 0.29) is 0 Å². The number of hydrogen-bond donors (Lipinski definition) is 0. The van der Waals surface area contributed by atoms with Crippen molar-refractivity contribution in [2.24, 2.45) is 0 Å². The highest BCUT2D eigenvalue weighted by atomic mass is 13.9. The molecule has 114 valence electrons. The maximum atomic E-state index is 3.36. The van der Waals surface area contributed by atoms with Gasteiger partial charge in [0.05, 0.1) is 0 Å². The lowest BCUT2D eigenvalue weighted by Gasteiger charge is -1.92. The van der Waals surface area contributed by atoms with Crippen LogP contribution in [-0.2, 0) is 0 Å². The van der Waals surface area contributed by atoms with Crippen molar-refractivity contribution in [3.63, 3.8) is 0 Å². The Kier molecular flexibility index (Phi) is 26.6. The molecule has 0 heterocycles. The molecule has 0 atom stereocenters. The highest BCUT2D eigenvalue weighted by Gasteiger charge is 1.85. The van der Waals surface area contributed by atoms with Crippen LogP contribution in [0.5, 0.6) is 0 Å². The van der Waals surface area contributed by atoms with Crippen LogP contribution in [0.15, 0.2) is 61.2 Å². The van der Waals surface area contributed by atoms with Crippen LogP contribution in [0.3, 0.4) is 0 Å². The molecule has 0 heteroatoms. The summed E-state index contributed by atoms with van der Waals surface area (Å²) in [6, 6.07) is 16.7. The Morgan fingerprint density at radius 1 is 0.750 bits per heavy atom. The third-order valence-corrected chi connectivity index (χ3v) is 1.66. The lowest BCUT2D eigenvalue weighted by Crippen LogP contribution is -1.67. The lowest BCUT2D eigenvalue weighted by molar-refractivity contribution is 1.09. The number of rotatable bonds is 0. The third-order valence-electron chi connectivity index (χ3n) is 1.66. The fourth-order valence-electron chi connectivity index (χ4n) is 1.13. The van der Waals surface area contributed by atoms with E-state index in [0.717, 1.165) is 0 Å². The summed E-state index contributed by atoms with van der Waals surface area (Å²) >= 11 is 0. The van der Waals surface area contributed by atoms with Crippen molar-refractivity contribution in [2.45, 2.75) is 54.9 Å². The van der Waals surface area contributed by atoms with Gasteiger partial charge in [-0.05, 0) is 17.7 Å². The zero-order valence-electron chi connectivity index (χ0n) is 14.6. The average Bonchev–Trinajstić information content (AvgIpc) is 2.53. The largest absolute Gasteiger partial charge is 0.103 e. The summed E-state index contributed by atoms with van der Waals surface area (Å²) in [5.41, 5.74) is 0. The van der Waals surface area contributed by atoms with Gasteiger partial charge in [0, 0.05) is 0 Å². The number of fused-ring (bicyclic) bond motifs is 1. The van der Waals surface area contributed by atoms with Gasteiger partial charge in [-0.15, -0.1) is 6.58 Å². The van der Waals surface area contributed by atoms with Gasteiger partial charge in [0.15, 0.2) is 0 Å². The second-order valence-electron chi connectivity index (χ2n) is 3.46. The van der Waals surface area contributed by atoms with Gasteiger partial charge in [-0.3, -0.25) is 0 Å². The van der Waals surface area contributed by atoms with Gasteiger partial charge >= 0.3 is 0 Å². The van der Waals surface area contributed by atoms with Crippen molar-refractivity contribution in [3.05, 3.63) is 61.2 Å². The van der Waals surface area contributed by atoms with Crippen LogP contribution in [0.25, 0.3) is 10.8 Å². The monoisotopic (exact) mass is 274 g/mol. The quantitative estimate of drug-likeness (QED) is 0.436. The maximum absolute atomic E-state index is 3.36. The summed E-state index contributed by atoms with van der Waals surface area (Å²) in [4.78, 5) is 0. The average molecular weight is 274 g/mol. The van der Waals surface area contributed by atoms with Gasteiger partial charge < -0.3 is 0 Å². The van der Waals surface area contributed by atoms with Crippen LogP contribution in [0.4, 0.5) is 0 Å². The molecule has 0 saturated heterocycles. The van der Waals surface area contributed by atoms with E-state index in [1.807, 2.05) is 34.6 Å². The Morgan fingerprint density at radius 3 is 1.05 bits per heavy atom. The van der Waals surface area contributed by atoms with Gasteiger partial charge in [-0.1, -0.05) is 103 Å². The molecule has 2 aromatic carbocycles. The number of benzene rings is 2. The van der Waals surface area contributed by atoms with Crippen LogP contribution < -0.4 is 0 Å². The molecule has 0 aromatic heterocycles. The summed E-state index contributed by atoms with van der Waals surface area (Å²) in [7, 11) is 0. The summed E-state index contributed by atoms with van der Waals surface area (Å²) in [5.74, 6) is 0. The Balaban J connectivity index is -0.000000246. The number of allylic oxidation sites excluding steroid dienone is 1. The maximum Gasteiger partial charge on any atom is -0.0184 e. The normalized spacial score (nSPS) is 7.15. The first-order valence-corrected chi connectivity index (χ1v) is 7.80. The van der Waals surface area contributed by atoms with E-state index < -0.39 is 0 Å². The molecular formula is C20H34. The first-order chi connectivity index (χ1) is 9.79. The smallest absolute Gasteiger partial charge is 0.0184 e. The molecule has 0 N–H and O–H groups in total. The van der Waals surface area contributed by atoms with Crippen molar-refractivity contribution < 1.29 is 0 Å². The van der Waals surface area contributed by atoms with Crippen LogP contribution in [0.1, 0.15) is 54.9 Å². The predicted octanol–water partition coefficient (Wildman–Crippen LogP) is 7.50. The number of hydrogen-bond acceptors (Lipinski definition) is 0. The molecule has 0 aliphatic carbocycles. The van der Waals surface area contributed by atoms with Crippen molar-refractivity contribution >= 4 is 10.8 Å². The lowest BCUT2D eigenvalue weighted by atomic mass is 10.1. The van der Waals surface area contributed by atoms with Gasteiger partial charge in [0.25, 0.3) is 0 Å². The molecule has 0 aliphatic heterocycles. The van der Waals surface area contributed by atoms with Crippen molar-refractivity contribution in [3.8, 4) is 0 Å². The first-order valence-electron chi connectivity index (χ1n) is 7.80. The van der Waals surface area contributed by atoms with Gasteiger partial charge in [-0.25, -0.2) is 0 Å². The van der Waals surface area contributed by atoms with Crippen molar-refractivity contribution in [1.82, 2.24) is 0 Å². The SMILES string of the molecule is C=CC.CC.CC.CCC.c1ccc2ccccc2c1. The van der Waals surface area contributed by atoms with E-state index in [0.29, 0.717) is 0 Å². The zero-order valence-corrected chi connectivity index (χ0v) is 14.6. The minimum atomic E-state index is 1.25. The fourth-order valence-corrected chi connectivity index (χ4v) is 1.13. The standard InChI is InChI=1S/C10H8.C3H8.C3H6.2C2H6/c1-2-6-10-8-4-3-7-9(10)5-1;2*1-3-2;2*1-2/h1-8H;3H2,1-2H3;3H,1H2,2H3;2*1-2H3. The molecular weight excluding hydrogens is 240 g/mol. The molecule has 2 aromatic rings. The molecule has 0 fully saturated rings. The highest BCUT2D eigenvalue weighted by molar-refractivity contribution is 5.81. The summed E-state index contributed by atoms with van der Waals surface area (Å²) < 4.78 is 0. The zero-order chi connectivity index (χ0) is 16.2. The Morgan fingerprint density at radius 2 is 0.900 bits per heavy atom. The molecule has 0 saturated carbocycles. The summed E-state index contributed by atoms with van der Waals surface area (Å²) in [5, 5.41) is 2.62. The van der Waals surface area contributed by atoms with E-state index in [4.69, 9.17) is 0 Å². The molecule has 0 spiro atoms.